The van der Waals surface area contributed by atoms with Crippen molar-refractivity contribution in [2.75, 3.05) is 32.8 Å². The minimum atomic E-state index is -0.697. The molecule has 0 aliphatic carbocycles. The number of carbonyl (C=O) groups excluding carboxylic acids is 2. The predicted octanol–water partition coefficient (Wildman–Crippen LogP) is 5.77. The molecule has 0 N–H and O–H groups in total. The molecule has 0 aromatic heterocycles. The quantitative estimate of drug-likeness (QED) is 0.371. The SMILES string of the molecule is CCCN(Cc1ccc(C)cc1)C(=O)N1C(=O)C(CC)(CC)C1Oc1ccc(C(C)N2CCOCC2)cc1. The van der Waals surface area contributed by atoms with Crippen molar-refractivity contribution >= 4 is 11.9 Å². The van der Waals surface area contributed by atoms with Crippen LogP contribution in [0.3, 0.4) is 0 Å². The van der Waals surface area contributed by atoms with E-state index < -0.39 is 11.6 Å². The number of morpholine rings is 1. The summed E-state index contributed by atoms with van der Waals surface area (Å²) >= 11 is 0. The molecular weight excluding hydrogens is 478 g/mol. The van der Waals surface area contributed by atoms with Crippen LogP contribution in [-0.4, -0.2) is 65.7 Å². The third-order valence-electron chi connectivity index (χ3n) is 8.28. The second kappa shape index (κ2) is 12.3. The van der Waals surface area contributed by atoms with Gasteiger partial charge in [-0.15, -0.1) is 0 Å². The van der Waals surface area contributed by atoms with Gasteiger partial charge < -0.3 is 14.4 Å². The molecule has 2 atom stereocenters. The number of carbonyl (C=O) groups is 2. The van der Waals surface area contributed by atoms with Crippen LogP contribution in [0.2, 0.25) is 0 Å². The lowest BCUT2D eigenvalue weighted by molar-refractivity contribution is -0.192. The molecule has 3 amide bonds. The number of hydrogen-bond acceptors (Lipinski definition) is 5. The first-order valence-electron chi connectivity index (χ1n) is 14.1. The Hall–Kier alpha value is -2.90. The van der Waals surface area contributed by atoms with Crippen LogP contribution in [0, 0.1) is 12.3 Å². The van der Waals surface area contributed by atoms with Crippen molar-refractivity contribution in [3.63, 3.8) is 0 Å². The fraction of sp³-hybridized carbons (Fsp3) is 0.548. The van der Waals surface area contributed by atoms with Gasteiger partial charge in [0.1, 0.15) is 11.2 Å². The molecule has 2 fully saturated rings. The smallest absolute Gasteiger partial charge is 0.330 e. The van der Waals surface area contributed by atoms with Gasteiger partial charge >= 0.3 is 6.03 Å². The van der Waals surface area contributed by atoms with Crippen LogP contribution in [-0.2, 0) is 16.1 Å². The molecule has 7 nitrogen and oxygen atoms in total. The average molecular weight is 522 g/mol. The monoisotopic (exact) mass is 521 g/mol. The van der Waals surface area contributed by atoms with Crippen molar-refractivity contribution in [2.45, 2.75) is 72.7 Å². The van der Waals surface area contributed by atoms with E-state index in [2.05, 4.69) is 24.0 Å². The van der Waals surface area contributed by atoms with E-state index in [4.69, 9.17) is 9.47 Å². The van der Waals surface area contributed by atoms with Crippen LogP contribution in [0.5, 0.6) is 5.75 Å². The lowest BCUT2D eigenvalue weighted by Crippen LogP contribution is -2.73. The van der Waals surface area contributed by atoms with Crippen molar-refractivity contribution < 1.29 is 19.1 Å². The summed E-state index contributed by atoms with van der Waals surface area (Å²) in [5, 5.41) is 0. The molecule has 4 rings (SSSR count). The van der Waals surface area contributed by atoms with Crippen LogP contribution in [0.25, 0.3) is 0 Å². The number of urea groups is 1. The number of benzene rings is 2. The molecule has 38 heavy (non-hydrogen) atoms. The normalized spacial score (nSPS) is 20.1. The number of nitrogens with zero attached hydrogens (tertiary/aromatic N) is 3. The maximum absolute atomic E-state index is 13.8. The van der Waals surface area contributed by atoms with E-state index in [-0.39, 0.29) is 18.0 Å². The second-order valence-corrected chi connectivity index (χ2v) is 10.6. The number of β-lactam (4-membered cyclic amide) rings is 1. The summed E-state index contributed by atoms with van der Waals surface area (Å²) in [7, 11) is 0. The van der Waals surface area contributed by atoms with E-state index in [0.717, 1.165) is 38.3 Å². The maximum atomic E-state index is 13.8. The van der Waals surface area contributed by atoms with Gasteiger partial charge in [0.15, 0.2) is 6.23 Å². The lowest BCUT2D eigenvalue weighted by Gasteiger charge is -2.54. The van der Waals surface area contributed by atoms with Gasteiger partial charge in [0.25, 0.3) is 0 Å². The molecule has 2 aromatic carbocycles. The van der Waals surface area contributed by atoms with E-state index in [1.54, 1.807) is 4.90 Å². The average Bonchev–Trinajstić information content (AvgIpc) is 2.95. The van der Waals surface area contributed by atoms with E-state index in [9.17, 15) is 9.59 Å². The summed E-state index contributed by atoms with van der Waals surface area (Å²) in [5.41, 5.74) is 2.73. The number of likely N-dealkylation sites (tertiary alicyclic amines) is 1. The Balaban J connectivity index is 1.52. The van der Waals surface area contributed by atoms with Gasteiger partial charge in [0.2, 0.25) is 5.91 Å². The molecule has 0 spiro atoms. The first kappa shape index (κ1) is 28.1. The molecule has 2 heterocycles. The third-order valence-corrected chi connectivity index (χ3v) is 8.28. The zero-order chi connectivity index (χ0) is 27.3. The summed E-state index contributed by atoms with van der Waals surface area (Å²) in [6.45, 7) is 14.7. The highest BCUT2D eigenvalue weighted by molar-refractivity contribution is 6.03. The Morgan fingerprint density at radius 3 is 2.26 bits per heavy atom. The van der Waals surface area contributed by atoms with Crippen LogP contribution >= 0.6 is 0 Å². The molecule has 2 saturated heterocycles. The largest absolute Gasteiger partial charge is 0.469 e. The van der Waals surface area contributed by atoms with E-state index in [1.165, 1.54) is 16.0 Å². The molecule has 0 radical (unpaired) electrons. The first-order valence-corrected chi connectivity index (χ1v) is 14.1. The Labute approximate surface area is 227 Å². The highest BCUT2D eigenvalue weighted by Gasteiger charge is 2.63. The zero-order valence-corrected chi connectivity index (χ0v) is 23.6. The van der Waals surface area contributed by atoms with E-state index >= 15 is 0 Å². The fourth-order valence-corrected chi connectivity index (χ4v) is 5.60. The molecule has 0 bridgehead atoms. The predicted molar refractivity (Wildman–Crippen MR) is 149 cm³/mol. The van der Waals surface area contributed by atoms with Crippen LogP contribution < -0.4 is 4.74 Å². The minimum Gasteiger partial charge on any atom is -0.469 e. The Kier molecular flexibility index (Phi) is 9.11. The highest BCUT2D eigenvalue weighted by atomic mass is 16.5. The zero-order valence-electron chi connectivity index (χ0n) is 23.6. The molecule has 206 valence electrons. The number of hydrogen-bond donors (Lipinski definition) is 0. The first-order chi connectivity index (χ1) is 18.3. The number of rotatable bonds is 10. The second-order valence-electron chi connectivity index (χ2n) is 10.6. The Bertz CT molecular complexity index is 1080. The van der Waals surface area contributed by atoms with Crippen molar-refractivity contribution in [3.05, 3.63) is 65.2 Å². The van der Waals surface area contributed by atoms with E-state index in [1.807, 2.05) is 64.1 Å². The number of aryl methyl sites for hydroxylation is 1. The van der Waals surface area contributed by atoms with Gasteiger partial charge in [-0.3, -0.25) is 9.69 Å². The summed E-state index contributed by atoms with van der Waals surface area (Å²) in [4.78, 5) is 32.8. The molecular formula is C31H43N3O4. The van der Waals surface area contributed by atoms with Crippen molar-refractivity contribution in [3.8, 4) is 5.75 Å². The molecule has 2 unspecified atom stereocenters. The molecule has 2 aliphatic rings. The van der Waals surface area contributed by atoms with Crippen LogP contribution in [0.4, 0.5) is 4.79 Å². The number of imide groups is 1. The Morgan fingerprint density at radius 2 is 1.68 bits per heavy atom. The number of ether oxygens (including phenoxy) is 2. The van der Waals surface area contributed by atoms with Gasteiger partial charge in [0.05, 0.1) is 13.2 Å². The summed E-state index contributed by atoms with van der Waals surface area (Å²) in [6, 6.07) is 16.3. The van der Waals surface area contributed by atoms with Gasteiger partial charge in [-0.1, -0.05) is 62.7 Å². The lowest BCUT2D eigenvalue weighted by atomic mass is 9.72. The Morgan fingerprint density at radius 1 is 1.05 bits per heavy atom. The van der Waals surface area contributed by atoms with Crippen LogP contribution in [0.15, 0.2) is 48.5 Å². The fourth-order valence-electron chi connectivity index (χ4n) is 5.60. The van der Waals surface area contributed by atoms with Crippen molar-refractivity contribution in [1.82, 2.24) is 14.7 Å². The third kappa shape index (κ3) is 5.59. The highest BCUT2D eigenvalue weighted by Crippen LogP contribution is 2.46. The summed E-state index contributed by atoms with van der Waals surface area (Å²) in [6.07, 6.45) is 1.42. The van der Waals surface area contributed by atoms with Gasteiger partial charge in [-0.25, -0.2) is 9.69 Å². The van der Waals surface area contributed by atoms with Gasteiger partial charge in [-0.05, 0) is 56.4 Å². The van der Waals surface area contributed by atoms with Gasteiger partial charge in [-0.2, -0.15) is 0 Å². The summed E-state index contributed by atoms with van der Waals surface area (Å²) < 4.78 is 11.9. The van der Waals surface area contributed by atoms with Crippen molar-refractivity contribution in [2.24, 2.45) is 5.41 Å². The minimum absolute atomic E-state index is 0.139. The topological polar surface area (TPSA) is 62.3 Å². The molecule has 2 aromatic rings. The molecule has 0 saturated carbocycles. The molecule has 2 aliphatic heterocycles. The maximum Gasteiger partial charge on any atom is 0.330 e. The van der Waals surface area contributed by atoms with Crippen LogP contribution in [0.1, 0.15) is 69.7 Å². The number of amides is 3. The summed E-state index contributed by atoms with van der Waals surface area (Å²) in [5.74, 6) is 0.533. The van der Waals surface area contributed by atoms with E-state index in [0.29, 0.717) is 31.7 Å². The standard InChI is InChI=1S/C31H43N3O4/c1-6-17-33(22-25-11-9-23(4)10-12-25)30(36)34-28(35)31(7-2,8-3)29(34)38-27-15-13-26(14-16-27)24(5)32-18-20-37-21-19-32/h9-16,24,29H,6-8,17-22H2,1-5H3. The molecule has 7 heteroatoms. The van der Waals surface area contributed by atoms with Gasteiger partial charge in [0, 0.05) is 32.2 Å². The van der Waals surface area contributed by atoms with Crippen molar-refractivity contribution in [1.29, 1.82) is 0 Å².